The monoisotopic (exact) mass is 304 g/mol. The second-order valence-electron chi connectivity index (χ2n) is 3.58. The number of carbonyl (C=O) groups is 1. The lowest BCUT2D eigenvalue weighted by Crippen LogP contribution is -2.57. The van der Waals surface area contributed by atoms with Crippen LogP contribution in [0.15, 0.2) is 22.9 Å². The standard InChI is InChI=1S/C10H13BrN2O4/c11-8-3-7(1-2-12-8)9(17)13-10(4-14,5-15)6-16/h1-3,14-16H,4-6H2,(H,13,17). The summed E-state index contributed by atoms with van der Waals surface area (Å²) in [5.74, 6) is -0.509. The lowest BCUT2D eigenvalue weighted by atomic mass is 10.0. The molecule has 0 spiro atoms. The Bertz CT molecular complexity index is 387. The second kappa shape index (κ2) is 6.06. The highest BCUT2D eigenvalue weighted by molar-refractivity contribution is 9.10. The smallest absolute Gasteiger partial charge is 0.252 e. The van der Waals surface area contributed by atoms with Crippen LogP contribution in [-0.4, -0.2) is 51.6 Å². The Morgan fingerprint density at radius 1 is 1.35 bits per heavy atom. The molecule has 0 aromatic carbocycles. The molecular formula is C10H13BrN2O4. The highest BCUT2D eigenvalue weighted by Gasteiger charge is 2.30. The minimum atomic E-state index is -1.42. The van der Waals surface area contributed by atoms with Crippen molar-refractivity contribution < 1.29 is 20.1 Å². The molecule has 0 atom stereocenters. The maximum atomic E-state index is 11.8. The van der Waals surface area contributed by atoms with E-state index < -0.39 is 31.3 Å². The summed E-state index contributed by atoms with van der Waals surface area (Å²) in [4.78, 5) is 15.7. The number of nitrogens with zero attached hydrogens (tertiary/aromatic N) is 1. The molecule has 1 heterocycles. The molecule has 4 N–H and O–H groups in total. The zero-order valence-electron chi connectivity index (χ0n) is 8.93. The predicted molar refractivity (Wildman–Crippen MR) is 63.4 cm³/mol. The minimum Gasteiger partial charge on any atom is -0.394 e. The molecular weight excluding hydrogens is 292 g/mol. The van der Waals surface area contributed by atoms with Gasteiger partial charge in [-0.05, 0) is 28.1 Å². The second-order valence-corrected chi connectivity index (χ2v) is 4.39. The highest BCUT2D eigenvalue weighted by atomic mass is 79.9. The van der Waals surface area contributed by atoms with Gasteiger partial charge in [0.2, 0.25) is 0 Å². The van der Waals surface area contributed by atoms with Crippen LogP contribution in [0, 0.1) is 0 Å². The van der Waals surface area contributed by atoms with Gasteiger partial charge >= 0.3 is 0 Å². The van der Waals surface area contributed by atoms with Crippen molar-refractivity contribution in [3.63, 3.8) is 0 Å². The van der Waals surface area contributed by atoms with Gasteiger partial charge in [-0.2, -0.15) is 0 Å². The predicted octanol–water partition coefficient (Wildman–Crippen LogP) is -0.710. The van der Waals surface area contributed by atoms with Gasteiger partial charge in [0.25, 0.3) is 5.91 Å². The number of hydrogen-bond acceptors (Lipinski definition) is 5. The van der Waals surface area contributed by atoms with Crippen LogP contribution in [0.25, 0.3) is 0 Å². The number of pyridine rings is 1. The van der Waals surface area contributed by atoms with Crippen molar-refractivity contribution in [2.24, 2.45) is 0 Å². The molecule has 0 saturated heterocycles. The summed E-state index contributed by atoms with van der Waals surface area (Å²) in [6, 6.07) is 2.98. The third kappa shape index (κ3) is 3.47. The Balaban J connectivity index is 2.84. The number of nitrogens with one attached hydrogen (secondary N) is 1. The molecule has 0 saturated carbocycles. The summed E-state index contributed by atoms with van der Waals surface area (Å²) >= 11 is 3.12. The fraction of sp³-hybridized carbons (Fsp3) is 0.400. The number of rotatable bonds is 5. The van der Waals surface area contributed by atoms with Crippen molar-refractivity contribution in [2.75, 3.05) is 19.8 Å². The minimum absolute atomic E-state index is 0.312. The summed E-state index contributed by atoms with van der Waals surface area (Å²) in [7, 11) is 0. The molecule has 0 aliphatic heterocycles. The van der Waals surface area contributed by atoms with Gasteiger partial charge in [-0.1, -0.05) is 0 Å². The molecule has 0 aliphatic carbocycles. The van der Waals surface area contributed by atoms with Gasteiger partial charge in [0.05, 0.1) is 19.8 Å². The van der Waals surface area contributed by atoms with Crippen LogP contribution >= 0.6 is 15.9 Å². The van der Waals surface area contributed by atoms with Gasteiger partial charge in [0.1, 0.15) is 10.1 Å². The number of hydrogen-bond donors (Lipinski definition) is 4. The zero-order valence-corrected chi connectivity index (χ0v) is 10.5. The van der Waals surface area contributed by atoms with Crippen molar-refractivity contribution in [1.29, 1.82) is 0 Å². The van der Waals surface area contributed by atoms with E-state index >= 15 is 0 Å². The molecule has 6 nitrogen and oxygen atoms in total. The summed E-state index contributed by atoms with van der Waals surface area (Å²) in [5, 5.41) is 29.6. The Morgan fingerprint density at radius 2 is 1.94 bits per heavy atom. The molecule has 0 unspecified atom stereocenters. The first kappa shape index (κ1) is 14.0. The van der Waals surface area contributed by atoms with Crippen molar-refractivity contribution in [3.8, 4) is 0 Å². The first-order chi connectivity index (χ1) is 8.06. The Kier molecular flexibility index (Phi) is 5.01. The van der Waals surface area contributed by atoms with Crippen LogP contribution in [0.2, 0.25) is 0 Å². The molecule has 0 fully saturated rings. The molecule has 1 rings (SSSR count). The molecule has 1 aromatic rings. The molecule has 7 heteroatoms. The van der Waals surface area contributed by atoms with Crippen molar-refractivity contribution in [2.45, 2.75) is 5.54 Å². The van der Waals surface area contributed by atoms with E-state index in [1.807, 2.05) is 0 Å². The Labute approximate surface area is 106 Å². The number of aromatic nitrogens is 1. The number of amides is 1. The molecule has 1 aromatic heterocycles. The fourth-order valence-electron chi connectivity index (χ4n) is 1.13. The lowest BCUT2D eigenvalue weighted by molar-refractivity contribution is 0.0375. The van der Waals surface area contributed by atoms with Gasteiger partial charge in [0, 0.05) is 11.8 Å². The van der Waals surface area contributed by atoms with Gasteiger partial charge in [-0.25, -0.2) is 4.98 Å². The van der Waals surface area contributed by atoms with Crippen LogP contribution < -0.4 is 5.32 Å². The SMILES string of the molecule is O=C(NC(CO)(CO)CO)c1ccnc(Br)c1. The quantitative estimate of drug-likeness (QED) is 0.538. The van der Waals surface area contributed by atoms with E-state index in [1.165, 1.54) is 18.3 Å². The highest BCUT2D eigenvalue weighted by Crippen LogP contribution is 2.10. The number of halogens is 1. The molecule has 94 valence electrons. The molecule has 0 aliphatic rings. The van der Waals surface area contributed by atoms with E-state index in [2.05, 4.69) is 26.2 Å². The molecule has 0 radical (unpaired) electrons. The van der Waals surface area contributed by atoms with Gasteiger partial charge < -0.3 is 20.6 Å². The zero-order chi connectivity index (χ0) is 12.9. The van der Waals surface area contributed by atoms with Crippen molar-refractivity contribution in [3.05, 3.63) is 28.5 Å². The van der Waals surface area contributed by atoms with E-state index in [4.69, 9.17) is 15.3 Å². The average Bonchev–Trinajstić information content (AvgIpc) is 2.36. The third-order valence-electron chi connectivity index (χ3n) is 2.28. The molecule has 0 bridgehead atoms. The summed E-state index contributed by atoms with van der Waals surface area (Å²) in [6.45, 7) is -1.67. The van der Waals surface area contributed by atoms with Crippen LogP contribution in [0.1, 0.15) is 10.4 Å². The lowest BCUT2D eigenvalue weighted by Gasteiger charge is -2.28. The normalized spacial score (nSPS) is 11.3. The summed E-state index contributed by atoms with van der Waals surface area (Å²) < 4.78 is 0.493. The van der Waals surface area contributed by atoms with E-state index in [0.29, 0.717) is 10.2 Å². The molecule has 1 amide bonds. The number of carbonyl (C=O) groups excluding carboxylic acids is 1. The maximum Gasteiger partial charge on any atom is 0.252 e. The maximum absolute atomic E-state index is 11.8. The van der Waals surface area contributed by atoms with Crippen molar-refractivity contribution in [1.82, 2.24) is 10.3 Å². The third-order valence-corrected chi connectivity index (χ3v) is 2.71. The summed E-state index contributed by atoms with van der Waals surface area (Å²) in [6.07, 6.45) is 1.44. The fourth-order valence-corrected chi connectivity index (χ4v) is 1.49. The van der Waals surface area contributed by atoms with Gasteiger partial charge in [0.15, 0.2) is 0 Å². The largest absolute Gasteiger partial charge is 0.394 e. The molecule has 17 heavy (non-hydrogen) atoms. The van der Waals surface area contributed by atoms with E-state index in [-0.39, 0.29) is 0 Å². The van der Waals surface area contributed by atoms with E-state index in [0.717, 1.165) is 0 Å². The van der Waals surface area contributed by atoms with E-state index in [9.17, 15) is 4.79 Å². The first-order valence-corrected chi connectivity index (χ1v) is 5.63. The number of aliphatic hydroxyl groups excluding tert-OH is 3. The average molecular weight is 305 g/mol. The topological polar surface area (TPSA) is 103 Å². The van der Waals surface area contributed by atoms with Crippen molar-refractivity contribution >= 4 is 21.8 Å². The Morgan fingerprint density at radius 3 is 2.41 bits per heavy atom. The van der Waals surface area contributed by atoms with Gasteiger partial charge in [-0.3, -0.25) is 4.79 Å². The van der Waals surface area contributed by atoms with Crippen LogP contribution in [0.3, 0.4) is 0 Å². The van der Waals surface area contributed by atoms with E-state index in [1.54, 1.807) is 0 Å². The first-order valence-electron chi connectivity index (χ1n) is 4.83. The van der Waals surface area contributed by atoms with Crippen LogP contribution in [-0.2, 0) is 0 Å². The summed E-state index contributed by atoms with van der Waals surface area (Å²) in [5.41, 5.74) is -1.11. The van der Waals surface area contributed by atoms with Gasteiger partial charge in [-0.15, -0.1) is 0 Å². The van der Waals surface area contributed by atoms with Crippen LogP contribution in [0.5, 0.6) is 0 Å². The number of aliphatic hydroxyl groups is 3. The van der Waals surface area contributed by atoms with Crippen LogP contribution in [0.4, 0.5) is 0 Å². The Hall–Kier alpha value is -1.02.